The van der Waals surface area contributed by atoms with E-state index >= 15 is 0 Å². The Balaban J connectivity index is 3.27. The third-order valence-corrected chi connectivity index (χ3v) is 2.70. The standard InChI is InChI=1S/C12H21F5/c13-9-7-5-3-1-2-4-6-8-10(14)11(15)12(16)17/h10-12H,1-9H2. The fourth-order valence-corrected chi connectivity index (χ4v) is 1.63. The second-order valence-electron chi connectivity index (χ2n) is 4.25. The van der Waals surface area contributed by atoms with Gasteiger partial charge in [0.05, 0.1) is 6.67 Å². The van der Waals surface area contributed by atoms with Crippen LogP contribution in [-0.2, 0) is 0 Å². The summed E-state index contributed by atoms with van der Waals surface area (Å²) in [5, 5.41) is 0. The molecule has 0 bridgehead atoms. The number of alkyl halides is 5. The molecule has 0 rings (SSSR count). The highest BCUT2D eigenvalue weighted by atomic mass is 19.3. The lowest BCUT2D eigenvalue weighted by atomic mass is 10.1. The Morgan fingerprint density at radius 1 is 0.647 bits per heavy atom. The molecular weight excluding hydrogens is 239 g/mol. The molecule has 17 heavy (non-hydrogen) atoms. The smallest absolute Gasteiger partial charge is 0.251 e. The van der Waals surface area contributed by atoms with Crippen LogP contribution in [0, 0.1) is 0 Å². The Morgan fingerprint density at radius 3 is 1.59 bits per heavy atom. The Kier molecular flexibility index (Phi) is 10.6. The van der Waals surface area contributed by atoms with Gasteiger partial charge in [0.1, 0.15) is 6.17 Å². The van der Waals surface area contributed by atoms with Crippen LogP contribution in [0.5, 0.6) is 0 Å². The van der Waals surface area contributed by atoms with Crippen molar-refractivity contribution in [2.24, 2.45) is 0 Å². The maximum atomic E-state index is 12.8. The van der Waals surface area contributed by atoms with Crippen LogP contribution in [0.4, 0.5) is 22.0 Å². The average Bonchev–Trinajstić information content (AvgIpc) is 2.31. The first-order chi connectivity index (χ1) is 8.09. The van der Waals surface area contributed by atoms with Crippen LogP contribution in [0.2, 0.25) is 0 Å². The van der Waals surface area contributed by atoms with Gasteiger partial charge in [-0.3, -0.25) is 4.39 Å². The summed E-state index contributed by atoms with van der Waals surface area (Å²) in [7, 11) is 0. The van der Waals surface area contributed by atoms with E-state index in [2.05, 4.69) is 0 Å². The average molecular weight is 260 g/mol. The Morgan fingerprint density at radius 2 is 1.12 bits per heavy atom. The molecule has 0 aromatic rings. The second-order valence-corrected chi connectivity index (χ2v) is 4.25. The molecule has 5 heteroatoms. The van der Waals surface area contributed by atoms with Crippen molar-refractivity contribution in [1.29, 1.82) is 0 Å². The van der Waals surface area contributed by atoms with Crippen molar-refractivity contribution in [3.8, 4) is 0 Å². The molecule has 2 atom stereocenters. The lowest BCUT2D eigenvalue weighted by Crippen LogP contribution is -2.24. The van der Waals surface area contributed by atoms with Crippen LogP contribution in [-0.4, -0.2) is 25.4 Å². The summed E-state index contributed by atoms with van der Waals surface area (Å²) in [4.78, 5) is 0. The van der Waals surface area contributed by atoms with E-state index in [0.717, 1.165) is 25.7 Å². The molecule has 0 aromatic carbocycles. The first-order valence-electron chi connectivity index (χ1n) is 6.22. The van der Waals surface area contributed by atoms with Crippen LogP contribution < -0.4 is 0 Å². The number of hydrogen-bond donors (Lipinski definition) is 0. The molecule has 0 aliphatic carbocycles. The van der Waals surface area contributed by atoms with Crippen LogP contribution in [0.3, 0.4) is 0 Å². The van der Waals surface area contributed by atoms with Crippen molar-refractivity contribution < 1.29 is 22.0 Å². The minimum absolute atomic E-state index is 0.143. The zero-order valence-electron chi connectivity index (χ0n) is 9.99. The lowest BCUT2D eigenvalue weighted by molar-refractivity contribution is 0.000487. The van der Waals surface area contributed by atoms with Gasteiger partial charge in [-0.1, -0.05) is 38.5 Å². The first-order valence-corrected chi connectivity index (χ1v) is 6.22. The van der Waals surface area contributed by atoms with E-state index in [9.17, 15) is 22.0 Å². The lowest BCUT2D eigenvalue weighted by Gasteiger charge is -2.12. The summed E-state index contributed by atoms with van der Waals surface area (Å²) in [6.07, 6.45) is -2.78. The van der Waals surface area contributed by atoms with E-state index in [-0.39, 0.29) is 13.1 Å². The Hall–Kier alpha value is -0.350. The molecular formula is C12H21F5. The quantitative estimate of drug-likeness (QED) is 0.361. The van der Waals surface area contributed by atoms with Crippen molar-refractivity contribution in [2.45, 2.75) is 70.1 Å². The fraction of sp³-hybridized carbons (Fsp3) is 1.00. The maximum absolute atomic E-state index is 12.8. The molecule has 0 nitrogen and oxygen atoms in total. The highest BCUT2D eigenvalue weighted by Gasteiger charge is 2.28. The first kappa shape index (κ1) is 16.6. The topological polar surface area (TPSA) is 0 Å². The molecule has 0 aliphatic heterocycles. The highest BCUT2D eigenvalue weighted by molar-refractivity contribution is 4.70. The number of rotatable bonds is 11. The normalized spacial score (nSPS) is 15.2. The van der Waals surface area contributed by atoms with Gasteiger partial charge in [-0.05, 0) is 12.8 Å². The zero-order chi connectivity index (χ0) is 13.1. The third-order valence-electron chi connectivity index (χ3n) is 2.70. The molecule has 0 amide bonds. The maximum Gasteiger partial charge on any atom is 0.272 e. The number of unbranched alkanes of at least 4 members (excludes halogenated alkanes) is 6. The SMILES string of the molecule is FCCCCCCCCCC(F)C(F)C(F)F. The van der Waals surface area contributed by atoms with E-state index in [1.807, 2.05) is 0 Å². The third kappa shape index (κ3) is 9.36. The van der Waals surface area contributed by atoms with Gasteiger partial charge in [0.2, 0.25) is 0 Å². The summed E-state index contributed by atoms with van der Waals surface area (Å²) >= 11 is 0. The summed E-state index contributed by atoms with van der Waals surface area (Å²) in [5.74, 6) is 0. The molecule has 0 saturated heterocycles. The van der Waals surface area contributed by atoms with Crippen molar-refractivity contribution >= 4 is 0 Å². The van der Waals surface area contributed by atoms with E-state index < -0.39 is 18.8 Å². The van der Waals surface area contributed by atoms with Gasteiger partial charge in [-0.2, -0.15) is 0 Å². The largest absolute Gasteiger partial charge is 0.272 e. The molecule has 0 fully saturated rings. The van der Waals surface area contributed by atoms with Crippen molar-refractivity contribution in [3.05, 3.63) is 0 Å². The summed E-state index contributed by atoms with van der Waals surface area (Å²) in [6, 6.07) is 0. The molecule has 0 heterocycles. The van der Waals surface area contributed by atoms with Crippen LogP contribution in [0.15, 0.2) is 0 Å². The van der Waals surface area contributed by atoms with Crippen LogP contribution in [0.1, 0.15) is 51.4 Å². The molecule has 0 aliphatic rings. The van der Waals surface area contributed by atoms with Crippen molar-refractivity contribution in [3.63, 3.8) is 0 Å². The Labute approximate surface area is 99.6 Å². The summed E-state index contributed by atoms with van der Waals surface area (Å²) in [5.41, 5.74) is 0. The predicted molar refractivity (Wildman–Crippen MR) is 58.7 cm³/mol. The molecule has 104 valence electrons. The summed E-state index contributed by atoms with van der Waals surface area (Å²) in [6.45, 7) is -0.297. The van der Waals surface area contributed by atoms with Gasteiger partial charge in [-0.25, -0.2) is 17.6 Å². The van der Waals surface area contributed by atoms with Crippen molar-refractivity contribution in [1.82, 2.24) is 0 Å². The molecule has 2 unspecified atom stereocenters. The van der Waals surface area contributed by atoms with Gasteiger partial charge >= 0.3 is 0 Å². The van der Waals surface area contributed by atoms with Crippen molar-refractivity contribution in [2.75, 3.05) is 6.67 Å². The van der Waals surface area contributed by atoms with Gasteiger partial charge in [0, 0.05) is 0 Å². The van der Waals surface area contributed by atoms with E-state index in [1.54, 1.807) is 0 Å². The number of hydrogen-bond acceptors (Lipinski definition) is 0. The van der Waals surface area contributed by atoms with E-state index in [4.69, 9.17) is 0 Å². The summed E-state index contributed by atoms with van der Waals surface area (Å²) < 4.78 is 60.6. The molecule has 0 radical (unpaired) electrons. The fourth-order valence-electron chi connectivity index (χ4n) is 1.63. The minimum atomic E-state index is -3.23. The van der Waals surface area contributed by atoms with Gasteiger partial charge in [0.25, 0.3) is 6.43 Å². The Bertz CT molecular complexity index is 163. The molecule has 0 N–H and O–H groups in total. The minimum Gasteiger partial charge on any atom is -0.251 e. The van der Waals surface area contributed by atoms with E-state index in [0.29, 0.717) is 19.3 Å². The van der Waals surface area contributed by atoms with E-state index in [1.165, 1.54) is 0 Å². The highest BCUT2D eigenvalue weighted by Crippen LogP contribution is 2.19. The van der Waals surface area contributed by atoms with Gasteiger partial charge in [0.15, 0.2) is 6.17 Å². The second kappa shape index (κ2) is 10.8. The van der Waals surface area contributed by atoms with Gasteiger partial charge < -0.3 is 0 Å². The molecule has 0 spiro atoms. The predicted octanol–water partition coefficient (Wildman–Crippen LogP) is 5.02. The molecule has 0 saturated carbocycles. The molecule has 0 aromatic heterocycles. The number of halogens is 5. The van der Waals surface area contributed by atoms with Gasteiger partial charge in [-0.15, -0.1) is 0 Å². The zero-order valence-corrected chi connectivity index (χ0v) is 9.99. The monoisotopic (exact) mass is 260 g/mol. The van der Waals surface area contributed by atoms with Crippen LogP contribution >= 0.6 is 0 Å². The van der Waals surface area contributed by atoms with Crippen LogP contribution in [0.25, 0.3) is 0 Å².